The minimum atomic E-state index is -0.373. The number of carbonyl (C=O) groups excluding carboxylic acids is 1. The van der Waals surface area contributed by atoms with Gasteiger partial charge in [0, 0.05) is 18.8 Å². The van der Waals surface area contributed by atoms with Gasteiger partial charge in [0.1, 0.15) is 16.5 Å². The van der Waals surface area contributed by atoms with Crippen molar-refractivity contribution in [1.82, 2.24) is 39.3 Å². The Hall–Kier alpha value is -5.07. The number of para-hydroxylation sites is 3. The second-order valence-corrected chi connectivity index (χ2v) is 11.0. The molecule has 0 atom stereocenters. The van der Waals surface area contributed by atoms with Gasteiger partial charge < -0.3 is 4.57 Å². The molecule has 1 amide bonds. The van der Waals surface area contributed by atoms with Gasteiger partial charge in [-0.1, -0.05) is 59.9 Å². The topological polar surface area (TPSA) is 112 Å². The molecule has 0 bridgehead atoms. The first-order valence-electron chi connectivity index (χ1n) is 13.0. The number of amides is 1. The van der Waals surface area contributed by atoms with Crippen LogP contribution in [0.2, 0.25) is 0 Å². The van der Waals surface area contributed by atoms with Crippen LogP contribution in [0.3, 0.4) is 0 Å². The Bertz CT molecular complexity index is 2100. The molecule has 4 heterocycles. The van der Waals surface area contributed by atoms with Crippen LogP contribution in [-0.2, 0) is 7.05 Å². The Labute approximate surface area is 248 Å². The molecular weight excluding hydrogens is 567 g/mol. The summed E-state index contributed by atoms with van der Waals surface area (Å²) in [4.78, 5) is 23.3. The third kappa shape index (κ3) is 4.46. The van der Waals surface area contributed by atoms with Crippen LogP contribution in [-0.4, -0.2) is 51.5 Å². The highest BCUT2D eigenvalue weighted by atomic mass is 32.2. The number of hydrogen-bond acceptors (Lipinski definition) is 7. The maximum absolute atomic E-state index is 13.4. The molecule has 206 valence electrons. The number of nitrogens with zero attached hydrogens (tertiary/aromatic N) is 8. The molecule has 0 aliphatic rings. The van der Waals surface area contributed by atoms with E-state index in [0.717, 1.165) is 33.1 Å². The lowest BCUT2D eigenvalue weighted by atomic mass is 10.2. The van der Waals surface area contributed by atoms with Gasteiger partial charge in [-0.05, 0) is 48.7 Å². The Kier molecular flexibility index (Phi) is 6.61. The van der Waals surface area contributed by atoms with Gasteiger partial charge in [0.25, 0.3) is 5.91 Å². The number of imidazole rings is 1. The fraction of sp³-hybridized carbons (Fsp3) is 0.0667. The van der Waals surface area contributed by atoms with Gasteiger partial charge in [0.05, 0.1) is 22.3 Å². The van der Waals surface area contributed by atoms with Crippen molar-refractivity contribution in [1.29, 1.82) is 0 Å². The van der Waals surface area contributed by atoms with Crippen molar-refractivity contribution < 1.29 is 4.79 Å². The molecule has 0 unspecified atom stereocenters. The molecule has 7 rings (SSSR count). The fourth-order valence-electron chi connectivity index (χ4n) is 4.75. The number of aryl methyl sites for hydroxylation is 1. The van der Waals surface area contributed by atoms with Gasteiger partial charge in [-0.3, -0.25) is 9.89 Å². The quantitative estimate of drug-likeness (QED) is 0.256. The van der Waals surface area contributed by atoms with Crippen molar-refractivity contribution in [2.24, 2.45) is 12.0 Å². The summed E-state index contributed by atoms with van der Waals surface area (Å²) in [7, 11) is 1.99. The molecule has 0 aliphatic heterocycles. The van der Waals surface area contributed by atoms with E-state index in [1.165, 1.54) is 23.1 Å². The average molecular weight is 590 g/mol. The summed E-state index contributed by atoms with van der Waals surface area (Å²) in [6, 6.07) is 28.7. The van der Waals surface area contributed by atoms with E-state index in [-0.39, 0.29) is 5.91 Å². The first-order chi connectivity index (χ1) is 20.6. The van der Waals surface area contributed by atoms with Crippen LogP contribution in [0.5, 0.6) is 0 Å². The van der Waals surface area contributed by atoms with Crippen molar-refractivity contribution in [2.75, 3.05) is 6.26 Å². The summed E-state index contributed by atoms with van der Waals surface area (Å²) in [6.07, 6.45) is 3.72. The number of hydrogen-bond donors (Lipinski definition) is 1. The van der Waals surface area contributed by atoms with E-state index in [9.17, 15) is 4.79 Å². The zero-order chi connectivity index (χ0) is 28.6. The number of benzene rings is 3. The van der Waals surface area contributed by atoms with Crippen LogP contribution < -0.4 is 4.80 Å². The highest BCUT2D eigenvalue weighted by Gasteiger charge is 2.28. The maximum Gasteiger partial charge on any atom is 0.279 e. The molecule has 3 aromatic carbocycles. The molecule has 1 N–H and O–H groups in total. The van der Waals surface area contributed by atoms with Crippen molar-refractivity contribution in [3.8, 4) is 33.6 Å². The minimum absolute atomic E-state index is 0.373. The van der Waals surface area contributed by atoms with Gasteiger partial charge >= 0.3 is 0 Å². The third-order valence-corrected chi connectivity index (χ3v) is 8.34. The predicted molar refractivity (Wildman–Crippen MR) is 164 cm³/mol. The molecule has 0 spiro atoms. The van der Waals surface area contributed by atoms with Crippen molar-refractivity contribution in [3.05, 3.63) is 108 Å². The number of thioether (sulfide) groups is 1. The molecule has 0 saturated heterocycles. The average Bonchev–Trinajstić information content (AvgIpc) is 3.83. The molecule has 0 saturated carbocycles. The van der Waals surface area contributed by atoms with E-state index in [1.54, 1.807) is 23.0 Å². The molecule has 0 aliphatic carbocycles. The zero-order valence-corrected chi connectivity index (χ0v) is 24.2. The number of aromatic amines is 1. The van der Waals surface area contributed by atoms with Gasteiger partial charge in [0.15, 0.2) is 10.8 Å². The second-order valence-electron chi connectivity index (χ2n) is 9.28. The van der Waals surface area contributed by atoms with Crippen LogP contribution in [0.25, 0.3) is 44.6 Å². The van der Waals surface area contributed by atoms with E-state index in [0.29, 0.717) is 26.9 Å². The molecule has 10 nitrogen and oxygen atoms in total. The van der Waals surface area contributed by atoms with Gasteiger partial charge in [-0.2, -0.15) is 25.0 Å². The summed E-state index contributed by atoms with van der Waals surface area (Å²) in [5.41, 5.74) is 4.58. The molecular formula is C30H23N9OS2. The minimum Gasteiger partial charge on any atom is -0.327 e. The van der Waals surface area contributed by atoms with Crippen molar-refractivity contribution in [3.63, 3.8) is 0 Å². The van der Waals surface area contributed by atoms with Gasteiger partial charge in [0.2, 0.25) is 4.80 Å². The Morgan fingerprint density at radius 3 is 2.36 bits per heavy atom. The number of aromatic nitrogens is 8. The molecule has 0 fully saturated rings. The molecule has 0 radical (unpaired) electrons. The summed E-state index contributed by atoms with van der Waals surface area (Å²) in [5, 5.41) is 18.5. The van der Waals surface area contributed by atoms with Crippen LogP contribution in [0.15, 0.2) is 107 Å². The Balaban J connectivity index is 1.57. The van der Waals surface area contributed by atoms with Crippen LogP contribution in [0.4, 0.5) is 0 Å². The fourth-order valence-corrected chi connectivity index (χ4v) is 6.16. The lowest BCUT2D eigenvalue weighted by Crippen LogP contribution is -2.21. The van der Waals surface area contributed by atoms with Crippen molar-refractivity contribution in [2.45, 2.75) is 5.03 Å². The van der Waals surface area contributed by atoms with E-state index in [1.807, 2.05) is 96.8 Å². The molecule has 4 aromatic heterocycles. The SMILES string of the molecule is CSc1nn(-c2ccccc2)c(-n2nc(-c3cc[nH]n3)sc2=NC(=O)c2ccccc2)c1-c1nc2ccccc2n1C. The predicted octanol–water partition coefficient (Wildman–Crippen LogP) is 5.53. The maximum atomic E-state index is 13.4. The lowest BCUT2D eigenvalue weighted by Gasteiger charge is -2.10. The van der Waals surface area contributed by atoms with Crippen LogP contribution in [0.1, 0.15) is 10.4 Å². The Morgan fingerprint density at radius 1 is 0.905 bits per heavy atom. The van der Waals surface area contributed by atoms with Crippen LogP contribution >= 0.6 is 23.1 Å². The number of H-pyrrole nitrogens is 1. The monoisotopic (exact) mass is 589 g/mol. The number of fused-ring (bicyclic) bond motifs is 1. The summed E-state index contributed by atoms with van der Waals surface area (Å²) < 4.78 is 5.57. The summed E-state index contributed by atoms with van der Waals surface area (Å²) in [6.45, 7) is 0. The van der Waals surface area contributed by atoms with Gasteiger partial charge in [-0.25, -0.2) is 9.67 Å². The van der Waals surface area contributed by atoms with E-state index < -0.39 is 0 Å². The number of carbonyl (C=O) groups is 1. The lowest BCUT2D eigenvalue weighted by molar-refractivity contribution is 0.0998. The molecule has 7 aromatic rings. The standard InChI is InChI=1S/C30H23N9OS2/c1-37-23-16-10-9-15-21(23)32-25(37)24-28(41-2)36-38(20-13-7-4-8-14-20)29(24)39-30(33-26(40)19-11-5-3-6-12-19)42-27(35-39)22-17-18-31-34-22/h3-18H,1-2H3,(H,31,34). The van der Waals surface area contributed by atoms with E-state index in [4.69, 9.17) is 15.2 Å². The van der Waals surface area contributed by atoms with E-state index >= 15 is 0 Å². The summed E-state index contributed by atoms with van der Waals surface area (Å²) in [5.74, 6) is 0.961. The van der Waals surface area contributed by atoms with Crippen molar-refractivity contribution >= 4 is 40.0 Å². The number of rotatable bonds is 6. The third-order valence-electron chi connectivity index (χ3n) is 6.73. The smallest absolute Gasteiger partial charge is 0.279 e. The largest absolute Gasteiger partial charge is 0.327 e. The first kappa shape index (κ1) is 25.9. The first-order valence-corrected chi connectivity index (χ1v) is 15.1. The normalized spacial score (nSPS) is 11.9. The van der Waals surface area contributed by atoms with Gasteiger partial charge in [-0.15, -0.1) is 11.8 Å². The highest BCUT2D eigenvalue weighted by Crippen LogP contribution is 2.37. The number of nitrogens with one attached hydrogen (secondary N) is 1. The van der Waals surface area contributed by atoms with Crippen LogP contribution in [0, 0.1) is 0 Å². The summed E-state index contributed by atoms with van der Waals surface area (Å²) >= 11 is 2.79. The zero-order valence-electron chi connectivity index (χ0n) is 22.5. The molecule has 42 heavy (non-hydrogen) atoms. The second kappa shape index (κ2) is 10.7. The highest BCUT2D eigenvalue weighted by molar-refractivity contribution is 7.98. The molecule has 12 heteroatoms. The van der Waals surface area contributed by atoms with E-state index in [2.05, 4.69) is 19.8 Å². The Morgan fingerprint density at radius 2 is 1.64 bits per heavy atom.